The van der Waals surface area contributed by atoms with Crippen molar-refractivity contribution in [2.45, 2.75) is 32.9 Å². The number of carbonyl (C=O) groups is 2. The van der Waals surface area contributed by atoms with Crippen LogP contribution < -0.4 is 10.6 Å². The molecule has 0 aliphatic carbocycles. The van der Waals surface area contributed by atoms with Gasteiger partial charge in [0, 0.05) is 18.9 Å². The van der Waals surface area contributed by atoms with E-state index < -0.39 is 12.1 Å². The molecule has 6 nitrogen and oxygen atoms in total. The average molecular weight is 265 g/mol. The fourth-order valence-corrected chi connectivity index (χ4v) is 1.67. The Kier molecular flexibility index (Phi) is 5.78. The van der Waals surface area contributed by atoms with E-state index in [1.54, 1.807) is 18.5 Å². The summed E-state index contributed by atoms with van der Waals surface area (Å²) in [4.78, 5) is 26.5. The van der Waals surface area contributed by atoms with Gasteiger partial charge in [0.15, 0.2) is 0 Å². The van der Waals surface area contributed by atoms with Gasteiger partial charge in [0.25, 0.3) is 0 Å². The molecule has 19 heavy (non-hydrogen) atoms. The second-order valence-electron chi connectivity index (χ2n) is 4.71. The summed E-state index contributed by atoms with van der Waals surface area (Å²) in [6, 6.07) is 2.90. The van der Waals surface area contributed by atoms with Crippen LogP contribution in [0.2, 0.25) is 0 Å². The van der Waals surface area contributed by atoms with Gasteiger partial charge in [0.05, 0.1) is 0 Å². The number of nitrogens with one attached hydrogen (secondary N) is 2. The lowest BCUT2D eigenvalue weighted by molar-refractivity contribution is -0.123. The molecule has 0 fully saturated rings. The van der Waals surface area contributed by atoms with E-state index in [1.165, 1.54) is 0 Å². The zero-order valence-corrected chi connectivity index (χ0v) is 11.1. The number of aromatic nitrogens is 1. The summed E-state index contributed by atoms with van der Waals surface area (Å²) in [6.45, 7) is 4.21. The Balaban J connectivity index is 2.54. The Bertz CT molecular complexity index is 420. The van der Waals surface area contributed by atoms with Crippen LogP contribution in [0.4, 0.5) is 4.79 Å². The number of carboxylic acid groups (broad SMARTS) is 1. The SMILES string of the molecule is CC(C)C[C@H](NC(=O)O)C(=O)NCc1cccnc1. The molecule has 0 bridgehead atoms. The summed E-state index contributed by atoms with van der Waals surface area (Å²) < 4.78 is 0. The molecule has 3 N–H and O–H groups in total. The predicted molar refractivity (Wildman–Crippen MR) is 70.5 cm³/mol. The summed E-state index contributed by atoms with van der Waals surface area (Å²) in [7, 11) is 0. The third-order valence-electron chi connectivity index (χ3n) is 2.51. The second-order valence-corrected chi connectivity index (χ2v) is 4.71. The van der Waals surface area contributed by atoms with Crippen LogP contribution in [0.3, 0.4) is 0 Å². The van der Waals surface area contributed by atoms with Gasteiger partial charge in [-0.2, -0.15) is 0 Å². The molecule has 0 unspecified atom stereocenters. The van der Waals surface area contributed by atoms with E-state index in [9.17, 15) is 9.59 Å². The average Bonchev–Trinajstić information content (AvgIpc) is 2.35. The molecule has 104 valence electrons. The summed E-state index contributed by atoms with van der Waals surface area (Å²) in [5.74, 6) is -0.0963. The molecule has 1 heterocycles. The smallest absolute Gasteiger partial charge is 0.405 e. The fraction of sp³-hybridized carbons (Fsp3) is 0.462. The molecule has 6 heteroatoms. The van der Waals surface area contributed by atoms with Crippen LogP contribution in [-0.2, 0) is 11.3 Å². The number of hydrogen-bond acceptors (Lipinski definition) is 3. The first-order valence-corrected chi connectivity index (χ1v) is 6.15. The molecule has 0 radical (unpaired) electrons. The maximum absolute atomic E-state index is 11.9. The summed E-state index contributed by atoms with van der Waals surface area (Å²) in [6.07, 6.45) is 2.58. The molecule has 2 amide bonds. The molecular weight excluding hydrogens is 246 g/mol. The molecule has 0 aliphatic rings. The summed E-state index contributed by atoms with van der Waals surface area (Å²) >= 11 is 0. The van der Waals surface area contributed by atoms with Crippen molar-refractivity contribution >= 4 is 12.0 Å². The van der Waals surface area contributed by atoms with Crippen LogP contribution in [-0.4, -0.2) is 28.1 Å². The van der Waals surface area contributed by atoms with Crippen LogP contribution in [0.15, 0.2) is 24.5 Å². The number of amides is 2. The Hall–Kier alpha value is -2.11. The highest BCUT2D eigenvalue weighted by Gasteiger charge is 2.21. The van der Waals surface area contributed by atoms with Gasteiger partial charge in [-0.15, -0.1) is 0 Å². The maximum Gasteiger partial charge on any atom is 0.405 e. The fourth-order valence-electron chi connectivity index (χ4n) is 1.67. The molecule has 0 aliphatic heterocycles. The van der Waals surface area contributed by atoms with Gasteiger partial charge in [-0.05, 0) is 24.0 Å². The number of pyridine rings is 1. The lowest BCUT2D eigenvalue weighted by atomic mass is 10.0. The van der Waals surface area contributed by atoms with Gasteiger partial charge < -0.3 is 15.7 Å². The molecule has 1 rings (SSSR count). The van der Waals surface area contributed by atoms with Gasteiger partial charge in [0.2, 0.25) is 5.91 Å². The molecular formula is C13H19N3O3. The van der Waals surface area contributed by atoms with Crippen LogP contribution in [0, 0.1) is 5.92 Å². The van der Waals surface area contributed by atoms with E-state index in [0.717, 1.165) is 5.56 Å². The highest BCUT2D eigenvalue weighted by molar-refractivity contribution is 5.85. The zero-order valence-electron chi connectivity index (χ0n) is 11.1. The first-order chi connectivity index (χ1) is 8.99. The normalized spacial score (nSPS) is 11.9. The van der Waals surface area contributed by atoms with Crippen molar-refractivity contribution in [2.24, 2.45) is 5.92 Å². The number of nitrogens with zero attached hydrogens (tertiary/aromatic N) is 1. The third-order valence-corrected chi connectivity index (χ3v) is 2.51. The monoisotopic (exact) mass is 265 g/mol. The minimum atomic E-state index is -1.19. The Morgan fingerprint density at radius 1 is 1.42 bits per heavy atom. The minimum absolute atomic E-state index is 0.223. The molecule has 1 aromatic heterocycles. The van der Waals surface area contributed by atoms with Gasteiger partial charge in [0.1, 0.15) is 6.04 Å². The molecule has 0 aromatic carbocycles. The first kappa shape index (κ1) is 14.9. The minimum Gasteiger partial charge on any atom is -0.465 e. The van der Waals surface area contributed by atoms with E-state index in [2.05, 4.69) is 15.6 Å². The van der Waals surface area contributed by atoms with Gasteiger partial charge >= 0.3 is 6.09 Å². The molecule has 0 saturated carbocycles. The van der Waals surface area contributed by atoms with Crippen molar-refractivity contribution < 1.29 is 14.7 Å². The number of carbonyl (C=O) groups excluding carboxylic acids is 1. The standard InChI is InChI=1S/C13H19N3O3/c1-9(2)6-11(16-13(18)19)12(17)15-8-10-4-3-5-14-7-10/h3-5,7,9,11,16H,6,8H2,1-2H3,(H,15,17)(H,18,19)/t11-/m0/s1. The van der Waals surface area contributed by atoms with Gasteiger partial charge in [-0.3, -0.25) is 9.78 Å². The maximum atomic E-state index is 11.9. The third kappa shape index (κ3) is 5.85. The quantitative estimate of drug-likeness (QED) is 0.724. The van der Waals surface area contributed by atoms with Crippen molar-refractivity contribution in [2.75, 3.05) is 0 Å². The van der Waals surface area contributed by atoms with Crippen molar-refractivity contribution in [3.63, 3.8) is 0 Å². The molecule has 0 saturated heterocycles. The number of hydrogen-bond donors (Lipinski definition) is 3. The van der Waals surface area contributed by atoms with Crippen molar-refractivity contribution in [1.82, 2.24) is 15.6 Å². The highest BCUT2D eigenvalue weighted by Crippen LogP contribution is 2.05. The summed E-state index contributed by atoms with van der Waals surface area (Å²) in [5.41, 5.74) is 0.870. The first-order valence-electron chi connectivity index (χ1n) is 6.15. The molecule has 0 spiro atoms. The van der Waals surface area contributed by atoms with Gasteiger partial charge in [-0.25, -0.2) is 4.79 Å². The highest BCUT2D eigenvalue weighted by atomic mass is 16.4. The van der Waals surface area contributed by atoms with Gasteiger partial charge in [-0.1, -0.05) is 19.9 Å². The van der Waals surface area contributed by atoms with Crippen molar-refractivity contribution in [3.8, 4) is 0 Å². The van der Waals surface area contributed by atoms with Crippen LogP contribution in [0.1, 0.15) is 25.8 Å². The van der Waals surface area contributed by atoms with E-state index in [4.69, 9.17) is 5.11 Å². The lowest BCUT2D eigenvalue weighted by Gasteiger charge is -2.18. The largest absolute Gasteiger partial charge is 0.465 e. The Morgan fingerprint density at radius 2 is 2.16 bits per heavy atom. The van der Waals surface area contributed by atoms with E-state index in [0.29, 0.717) is 13.0 Å². The second kappa shape index (κ2) is 7.35. The molecule has 1 aromatic rings. The van der Waals surface area contributed by atoms with E-state index in [1.807, 2.05) is 19.9 Å². The lowest BCUT2D eigenvalue weighted by Crippen LogP contribution is -2.46. The Morgan fingerprint density at radius 3 is 2.68 bits per heavy atom. The predicted octanol–water partition coefficient (Wildman–Crippen LogP) is 1.38. The number of rotatable bonds is 6. The van der Waals surface area contributed by atoms with Crippen LogP contribution in [0.25, 0.3) is 0 Å². The van der Waals surface area contributed by atoms with E-state index >= 15 is 0 Å². The van der Waals surface area contributed by atoms with E-state index in [-0.39, 0.29) is 11.8 Å². The zero-order chi connectivity index (χ0) is 14.3. The Labute approximate surface area is 112 Å². The molecule has 1 atom stereocenters. The summed E-state index contributed by atoms with van der Waals surface area (Å²) in [5, 5.41) is 13.7. The van der Waals surface area contributed by atoms with Crippen molar-refractivity contribution in [1.29, 1.82) is 0 Å². The van der Waals surface area contributed by atoms with Crippen molar-refractivity contribution in [3.05, 3.63) is 30.1 Å². The topological polar surface area (TPSA) is 91.3 Å². The van der Waals surface area contributed by atoms with Crippen LogP contribution in [0.5, 0.6) is 0 Å². The van der Waals surface area contributed by atoms with Crippen LogP contribution >= 0.6 is 0 Å².